The summed E-state index contributed by atoms with van der Waals surface area (Å²) in [6.07, 6.45) is 3.00. The molecule has 0 fully saturated rings. The number of carbonyl (C=O) groups is 6. The van der Waals surface area contributed by atoms with E-state index in [4.69, 9.17) is 10.2 Å². The summed E-state index contributed by atoms with van der Waals surface area (Å²) < 4.78 is 0. The lowest BCUT2D eigenvalue weighted by Gasteiger charge is -2.18. The number of aliphatic hydroxyl groups excluding tert-OH is 1. The van der Waals surface area contributed by atoms with Gasteiger partial charge >= 0.3 is 17.9 Å². The minimum atomic E-state index is -1.74. The highest BCUT2D eigenvalue weighted by Crippen LogP contribution is 2.05. The highest BCUT2D eigenvalue weighted by Gasteiger charge is 2.25. The molecule has 3 amide bonds. The van der Waals surface area contributed by atoms with Gasteiger partial charge in [-0.15, -0.1) is 0 Å². The Morgan fingerprint density at radius 3 is 1.97 bits per heavy atom. The van der Waals surface area contributed by atoms with E-state index in [1.54, 1.807) is 0 Å². The summed E-state index contributed by atoms with van der Waals surface area (Å²) in [6, 6.07) is -4.02. The summed E-state index contributed by atoms with van der Waals surface area (Å²) in [4.78, 5) is 69.8. The molecule has 0 aromatic rings. The average Bonchev–Trinajstić information content (AvgIpc) is 2.78. The van der Waals surface area contributed by atoms with E-state index in [1.165, 1.54) is 6.92 Å². The van der Waals surface area contributed by atoms with E-state index in [1.807, 2.05) is 6.92 Å². The molecule has 0 aromatic carbocycles. The molecule has 7 N–H and O–H groups in total. The first-order chi connectivity index (χ1) is 16.4. The Hall–Kier alpha value is -3.48. The maximum Gasteiger partial charge on any atom is 0.332 e. The maximum absolute atomic E-state index is 12.4. The summed E-state index contributed by atoms with van der Waals surface area (Å²) >= 11 is 0. The van der Waals surface area contributed by atoms with Crippen molar-refractivity contribution in [1.82, 2.24) is 16.0 Å². The van der Waals surface area contributed by atoms with Crippen LogP contribution in [0.3, 0.4) is 0 Å². The summed E-state index contributed by atoms with van der Waals surface area (Å²) in [5.74, 6) is -6.28. The van der Waals surface area contributed by atoms with E-state index in [9.17, 15) is 39.0 Å². The number of carbonyl (C=O) groups excluding carboxylic acids is 3. The lowest BCUT2D eigenvalue weighted by atomic mass is 10.1. The number of rotatable bonds is 18. The van der Waals surface area contributed by atoms with E-state index >= 15 is 0 Å². The Morgan fingerprint density at radius 1 is 0.800 bits per heavy atom. The van der Waals surface area contributed by atoms with Crippen LogP contribution in [0.15, 0.2) is 12.2 Å². The standard InChI is InChI=1S/C22H35N3O10/c1-3-4-5-6-10-17(27)25-15(21(32)33)11-12-18(28)24-14(8-7-9-16(26)22(34)35)19(29)23-13(2)20(30)31/h7-8,13-16,26H,3-6,9-12H2,1-2H3,(H,23,29)(H,24,28)(H,25,27)(H,30,31)(H,32,33)(H,34,35)/t13-,14-,15-,16?/m1/s1. The van der Waals surface area contributed by atoms with Crippen molar-refractivity contribution in [1.29, 1.82) is 0 Å². The number of unbranched alkanes of at least 4 members (excludes halogenated alkanes) is 3. The summed E-state index contributed by atoms with van der Waals surface area (Å²) in [5, 5.41) is 43.1. The second-order valence-corrected chi connectivity index (χ2v) is 7.94. The number of hydrogen-bond acceptors (Lipinski definition) is 7. The van der Waals surface area contributed by atoms with Crippen LogP contribution in [0.2, 0.25) is 0 Å². The van der Waals surface area contributed by atoms with Gasteiger partial charge in [0.2, 0.25) is 17.7 Å². The Labute approximate surface area is 203 Å². The van der Waals surface area contributed by atoms with Crippen molar-refractivity contribution in [3.8, 4) is 0 Å². The molecule has 1 unspecified atom stereocenters. The monoisotopic (exact) mass is 501 g/mol. The Morgan fingerprint density at radius 2 is 1.43 bits per heavy atom. The zero-order valence-corrected chi connectivity index (χ0v) is 19.9. The van der Waals surface area contributed by atoms with Crippen LogP contribution in [0.5, 0.6) is 0 Å². The fourth-order valence-electron chi connectivity index (χ4n) is 2.77. The van der Waals surface area contributed by atoms with Gasteiger partial charge in [0.15, 0.2) is 6.10 Å². The molecule has 198 valence electrons. The van der Waals surface area contributed by atoms with Crippen molar-refractivity contribution in [2.75, 3.05) is 0 Å². The average molecular weight is 502 g/mol. The zero-order valence-electron chi connectivity index (χ0n) is 19.9. The van der Waals surface area contributed by atoms with E-state index in [2.05, 4.69) is 16.0 Å². The number of nitrogens with one attached hydrogen (secondary N) is 3. The first-order valence-corrected chi connectivity index (χ1v) is 11.3. The molecule has 0 rings (SSSR count). The van der Waals surface area contributed by atoms with Crippen LogP contribution in [0, 0.1) is 0 Å². The topological polar surface area (TPSA) is 219 Å². The lowest BCUT2D eigenvalue weighted by Crippen LogP contribution is -2.50. The van der Waals surface area contributed by atoms with Gasteiger partial charge in [0.1, 0.15) is 18.1 Å². The molecule has 0 saturated carbocycles. The Balaban J connectivity index is 5.06. The molecule has 13 nitrogen and oxygen atoms in total. The number of aliphatic hydroxyl groups is 1. The van der Waals surface area contributed by atoms with Gasteiger partial charge in [0, 0.05) is 19.3 Å². The van der Waals surface area contributed by atoms with Crippen LogP contribution in [0.25, 0.3) is 0 Å². The van der Waals surface area contributed by atoms with Gasteiger partial charge in [0.25, 0.3) is 0 Å². The second-order valence-electron chi connectivity index (χ2n) is 7.94. The number of amides is 3. The molecule has 0 heterocycles. The van der Waals surface area contributed by atoms with Crippen molar-refractivity contribution in [3.05, 3.63) is 12.2 Å². The van der Waals surface area contributed by atoms with E-state index < -0.39 is 59.9 Å². The lowest BCUT2D eigenvalue weighted by molar-refractivity contribution is -0.146. The van der Waals surface area contributed by atoms with Crippen molar-refractivity contribution in [3.63, 3.8) is 0 Å². The number of carboxylic acids is 3. The molecule has 0 aliphatic carbocycles. The van der Waals surface area contributed by atoms with Crippen LogP contribution in [-0.2, 0) is 28.8 Å². The Kier molecular flexibility index (Phi) is 15.3. The molecule has 0 bridgehead atoms. The zero-order chi connectivity index (χ0) is 27.0. The van der Waals surface area contributed by atoms with Crippen LogP contribution in [0.1, 0.15) is 65.2 Å². The quantitative estimate of drug-likeness (QED) is 0.0966. The molecular formula is C22H35N3O10. The number of carboxylic acid groups (broad SMARTS) is 3. The van der Waals surface area contributed by atoms with Crippen molar-refractivity contribution in [2.45, 2.75) is 89.4 Å². The third kappa shape index (κ3) is 14.4. The predicted molar refractivity (Wildman–Crippen MR) is 122 cm³/mol. The first kappa shape index (κ1) is 31.5. The summed E-state index contributed by atoms with van der Waals surface area (Å²) in [6.45, 7) is 3.21. The molecule has 0 aromatic heterocycles. The number of hydrogen-bond donors (Lipinski definition) is 7. The van der Waals surface area contributed by atoms with Crippen LogP contribution >= 0.6 is 0 Å². The van der Waals surface area contributed by atoms with Crippen molar-refractivity contribution >= 4 is 35.6 Å². The fourth-order valence-corrected chi connectivity index (χ4v) is 2.77. The molecule has 4 atom stereocenters. The number of aliphatic carboxylic acids is 3. The van der Waals surface area contributed by atoms with Gasteiger partial charge in [-0.25, -0.2) is 9.59 Å². The Bertz CT molecular complexity index is 783. The van der Waals surface area contributed by atoms with Gasteiger partial charge < -0.3 is 36.4 Å². The minimum Gasteiger partial charge on any atom is -0.480 e. The van der Waals surface area contributed by atoms with Crippen LogP contribution in [-0.4, -0.2) is 80.3 Å². The van der Waals surface area contributed by atoms with Gasteiger partial charge in [0.05, 0.1) is 0 Å². The van der Waals surface area contributed by atoms with Crippen molar-refractivity contribution in [2.24, 2.45) is 0 Å². The van der Waals surface area contributed by atoms with Gasteiger partial charge in [-0.3, -0.25) is 19.2 Å². The van der Waals surface area contributed by atoms with Gasteiger partial charge in [-0.2, -0.15) is 0 Å². The van der Waals surface area contributed by atoms with Gasteiger partial charge in [-0.1, -0.05) is 38.3 Å². The van der Waals surface area contributed by atoms with Crippen LogP contribution in [0.4, 0.5) is 0 Å². The second kappa shape index (κ2) is 17.0. The predicted octanol–water partition coefficient (Wildman–Crippen LogP) is -0.228. The summed E-state index contributed by atoms with van der Waals surface area (Å²) in [7, 11) is 0. The SMILES string of the molecule is CCCCCCC(=O)N[C@H](CCC(=O)N[C@H](C=CCC(O)C(=O)O)C(=O)N[C@H](C)C(=O)O)C(=O)O. The highest BCUT2D eigenvalue weighted by atomic mass is 16.4. The fraction of sp³-hybridized carbons (Fsp3) is 0.636. The highest BCUT2D eigenvalue weighted by molar-refractivity contribution is 5.92. The first-order valence-electron chi connectivity index (χ1n) is 11.3. The molecule has 0 saturated heterocycles. The minimum absolute atomic E-state index is 0.160. The van der Waals surface area contributed by atoms with Crippen molar-refractivity contribution < 1.29 is 49.2 Å². The molecule has 0 aliphatic heterocycles. The smallest absolute Gasteiger partial charge is 0.332 e. The molecule has 0 spiro atoms. The molecule has 0 aliphatic rings. The normalized spacial score (nSPS) is 14.4. The third-order valence-corrected chi connectivity index (χ3v) is 4.85. The van der Waals surface area contributed by atoms with Crippen LogP contribution < -0.4 is 16.0 Å². The van der Waals surface area contributed by atoms with E-state index in [-0.39, 0.29) is 25.7 Å². The largest absolute Gasteiger partial charge is 0.480 e. The maximum atomic E-state index is 12.4. The molecular weight excluding hydrogens is 466 g/mol. The third-order valence-electron chi connectivity index (χ3n) is 4.85. The molecule has 13 heteroatoms. The summed E-state index contributed by atoms with van der Waals surface area (Å²) in [5.41, 5.74) is 0. The molecule has 0 radical (unpaired) electrons. The van der Waals surface area contributed by atoms with Gasteiger partial charge in [-0.05, 0) is 19.8 Å². The molecule has 35 heavy (non-hydrogen) atoms. The van der Waals surface area contributed by atoms with E-state index in [0.717, 1.165) is 31.4 Å². The van der Waals surface area contributed by atoms with E-state index in [0.29, 0.717) is 6.42 Å².